The number of halogens is 1. The summed E-state index contributed by atoms with van der Waals surface area (Å²) in [5.41, 5.74) is 0.375. The predicted molar refractivity (Wildman–Crippen MR) is 63.4 cm³/mol. The highest BCUT2D eigenvalue weighted by Gasteiger charge is 2.25. The average molecular weight is 307 g/mol. The molecule has 7 heteroatoms. The Balaban J connectivity index is 2.87. The van der Waals surface area contributed by atoms with Crippen LogP contribution in [0.3, 0.4) is 0 Å². The molecule has 0 aliphatic carbocycles. The van der Waals surface area contributed by atoms with Crippen LogP contribution in [0.5, 0.6) is 0 Å². The van der Waals surface area contributed by atoms with Gasteiger partial charge in [-0.1, -0.05) is 0 Å². The number of rotatable bonds is 6. The number of aromatic nitrogens is 2. The van der Waals surface area contributed by atoms with Gasteiger partial charge in [0.25, 0.3) is 0 Å². The highest BCUT2D eigenvalue weighted by Crippen LogP contribution is 2.24. The van der Waals surface area contributed by atoms with Gasteiger partial charge in [0.15, 0.2) is 6.10 Å². The van der Waals surface area contributed by atoms with E-state index in [1.165, 1.54) is 10.9 Å². The van der Waals surface area contributed by atoms with Gasteiger partial charge >= 0.3 is 5.97 Å². The number of nitrogens with zero attached hydrogens (tertiary/aromatic N) is 2. The van der Waals surface area contributed by atoms with Gasteiger partial charge in [0.05, 0.1) is 36.1 Å². The number of aliphatic hydroxyl groups excluding tert-OH is 1. The molecule has 1 heterocycles. The second-order valence-corrected chi connectivity index (χ2v) is 4.10. The number of esters is 1. The second-order valence-electron chi connectivity index (χ2n) is 3.25. The molecule has 1 N–H and O–H groups in total. The molecule has 0 saturated heterocycles. The number of aliphatic hydroxyl groups is 1. The first-order valence-corrected chi connectivity index (χ1v) is 5.96. The average Bonchev–Trinajstić information content (AvgIpc) is 2.67. The summed E-state index contributed by atoms with van der Waals surface area (Å²) in [7, 11) is 1.57. The monoisotopic (exact) mass is 306 g/mol. The zero-order valence-corrected chi connectivity index (χ0v) is 11.3. The molecular formula is C10H15BrN2O4. The van der Waals surface area contributed by atoms with Crippen LogP contribution in [0.4, 0.5) is 0 Å². The van der Waals surface area contributed by atoms with Crippen molar-refractivity contribution in [1.29, 1.82) is 0 Å². The van der Waals surface area contributed by atoms with E-state index in [9.17, 15) is 9.90 Å². The van der Waals surface area contributed by atoms with Crippen LogP contribution in [0, 0.1) is 0 Å². The van der Waals surface area contributed by atoms with E-state index in [1.807, 2.05) is 0 Å². The van der Waals surface area contributed by atoms with Crippen LogP contribution >= 0.6 is 15.9 Å². The Morgan fingerprint density at radius 2 is 2.41 bits per heavy atom. The van der Waals surface area contributed by atoms with E-state index >= 15 is 0 Å². The van der Waals surface area contributed by atoms with Crippen LogP contribution in [-0.4, -0.2) is 41.2 Å². The molecule has 96 valence electrons. The van der Waals surface area contributed by atoms with Crippen molar-refractivity contribution >= 4 is 21.9 Å². The minimum atomic E-state index is -1.34. The standard InChI is InChI=1S/C10H15BrN2O4/c1-3-17-10(15)9(14)8-7(11)6-12-13(8)4-5-16-2/h6,9,14H,3-5H2,1-2H3. The highest BCUT2D eigenvalue weighted by molar-refractivity contribution is 9.10. The molecule has 1 rings (SSSR count). The van der Waals surface area contributed by atoms with E-state index in [0.717, 1.165) is 0 Å². The van der Waals surface area contributed by atoms with Gasteiger partial charge < -0.3 is 14.6 Å². The first kappa shape index (κ1) is 14.1. The molecule has 17 heavy (non-hydrogen) atoms. The maximum atomic E-state index is 11.5. The molecule has 0 saturated carbocycles. The third kappa shape index (κ3) is 3.52. The molecule has 1 unspecified atom stereocenters. The topological polar surface area (TPSA) is 73.6 Å². The van der Waals surface area contributed by atoms with E-state index < -0.39 is 12.1 Å². The molecule has 0 aliphatic rings. The van der Waals surface area contributed by atoms with E-state index in [2.05, 4.69) is 21.0 Å². The van der Waals surface area contributed by atoms with Gasteiger partial charge in [0.1, 0.15) is 0 Å². The summed E-state index contributed by atoms with van der Waals surface area (Å²) in [4.78, 5) is 11.5. The molecule has 1 aromatic heterocycles. The Labute approximate surface area is 108 Å². The summed E-state index contributed by atoms with van der Waals surface area (Å²) in [6, 6.07) is 0. The quantitative estimate of drug-likeness (QED) is 0.790. The van der Waals surface area contributed by atoms with Crippen molar-refractivity contribution in [3.05, 3.63) is 16.4 Å². The first-order valence-electron chi connectivity index (χ1n) is 5.16. The Bertz CT molecular complexity index is 380. The lowest BCUT2D eigenvalue weighted by molar-refractivity contribution is -0.153. The summed E-state index contributed by atoms with van der Waals surface area (Å²) < 4.78 is 11.8. The molecule has 6 nitrogen and oxygen atoms in total. The summed E-state index contributed by atoms with van der Waals surface area (Å²) >= 11 is 3.24. The van der Waals surface area contributed by atoms with Gasteiger partial charge in [0, 0.05) is 7.11 Å². The number of hydrogen-bond donors (Lipinski definition) is 1. The molecule has 0 bridgehead atoms. The second kappa shape index (κ2) is 6.73. The zero-order valence-electron chi connectivity index (χ0n) is 9.72. The van der Waals surface area contributed by atoms with Gasteiger partial charge in [-0.15, -0.1) is 0 Å². The molecule has 0 aromatic carbocycles. The molecule has 0 aliphatic heterocycles. The van der Waals surface area contributed by atoms with Crippen molar-refractivity contribution in [2.24, 2.45) is 0 Å². The van der Waals surface area contributed by atoms with Gasteiger partial charge in [-0.25, -0.2) is 4.79 Å². The van der Waals surface area contributed by atoms with Crippen LogP contribution in [0.2, 0.25) is 0 Å². The number of hydrogen-bond acceptors (Lipinski definition) is 5. The number of carbonyl (C=O) groups excluding carboxylic acids is 1. The molecule has 0 fully saturated rings. The summed E-state index contributed by atoms with van der Waals surface area (Å²) in [5, 5.41) is 13.9. The zero-order chi connectivity index (χ0) is 12.8. The summed E-state index contributed by atoms with van der Waals surface area (Å²) in [6.07, 6.45) is 0.177. The van der Waals surface area contributed by atoms with E-state index in [0.29, 0.717) is 23.3 Å². The Kier molecular flexibility index (Phi) is 5.60. The number of methoxy groups -OCH3 is 1. The normalized spacial score (nSPS) is 12.5. The Hall–Kier alpha value is -0.920. The van der Waals surface area contributed by atoms with E-state index in [-0.39, 0.29) is 6.61 Å². The largest absolute Gasteiger partial charge is 0.464 e. The van der Waals surface area contributed by atoms with Crippen molar-refractivity contribution < 1.29 is 19.4 Å². The van der Waals surface area contributed by atoms with Crippen LogP contribution in [0.15, 0.2) is 10.7 Å². The molecule has 1 aromatic rings. The molecular weight excluding hydrogens is 292 g/mol. The van der Waals surface area contributed by atoms with Crippen LogP contribution in [0.25, 0.3) is 0 Å². The van der Waals surface area contributed by atoms with Gasteiger partial charge in [-0.05, 0) is 22.9 Å². The fourth-order valence-electron chi connectivity index (χ4n) is 1.33. The number of ether oxygens (including phenoxy) is 2. The Morgan fingerprint density at radius 3 is 3.00 bits per heavy atom. The van der Waals surface area contributed by atoms with Gasteiger partial charge in [-0.3, -0.25) is 4.68 Å². The first-order chi connectivity index (χ1) is 8.11. The van der Waals surface area contributed by atoms with E-state index in [1.54, 1.807) is 14.0 Å². The third-order valence-electron chi connectivity index (χ3n) is 2.11. The van der Waals surface area contributed by atoms with Gasteiger partial charge in [0.2, 0.25) is 0 Å². The number of carbonyl (C=O) groups is 1. The van der Waals surface area contributed by atoms with Crippen LogP contribution < -0.4 is 0 Å². The molecule has 0 radical (unpaired) electrons. The molecule has 1 atom stereocenters. The lowest BCUT2D eigenvalue weighted by Crippen LogP contribution is -2.20. The highest BCUT2D eigenvalue weighted by atomic mass is 79.9. The summed E-state index contributed by atoms with van der Waals surface area (Å²) in [6.45, 7) is 2.80. The lowest BCUT2D eigenvalue weighted by atomic mass is 10.2. The maximum absolute atomic E-state index is 11.5. The van der Waals surface area contributed by atoms with E-state index in [4.69, 9.17) is 9.47 Å². The van der Waals surface area contributed by atoms with Crippen molar-refractivity contribution in [2.75, 3.05) is 20.3 Å². The van der Waals surface area contributed by atoms with Crippen LogP contribution in [-0.2, 0) is 20.8 Å². The minimum absolute atomic E-state index is 0.222. The van der Waals surface area contributed by atoms with Gasteiger partial charge in [-0.2, -0.15) is 5.10 Å². The predicted octanol–water partition coefficient (Wildman–Crippen LogP) is 0.889. The smallest absolute Gasteiger partial charge is 0.341 e. The molecule has 0 spiro atoms. The van der Waals surface area contributed by atoms with Crippen LogP contribution in [0.1, 0.15) is 18.7 Å². The third-order valence-corrected chi connectivity index (χ3v) is 2.72. The SMILES string of the molecule is CCOC(=O)C(O)c1c(Br)cnn1CCOC. The summed E-state index contributed by atoms with van der Waals surface area (Å²) in [5.74, 6) is -0.688. The van der Waals surface area contributed by atoms with Crippen molar-refractivity contribution in [2.45, 2.75) is 19.6 Å². The lowest BCUT2D eigenvalue weighted by Gasteiger charge is -2.12. The fourth-order valence-corrected chi connectivity index (χ4v) is 1.85. The Morgan fingerprint density at radius 1 is 1.71 bits per heavy atom. The van der Waals surface area contributed by atoms with Crippen molar-refractivity contribution in [1.82, 2.24) is 9.78 Å². The van der Waals surface area contributed by atoms with Crippen molar-refractivity contribution in [3.8, 4) is 0 Å². The fraction of sp³-hybridized carbons (Fsp3) is 0.600. The minimum Gasteiger partial charge on any atom is -0.464 e. The molecule has 0 amide bonds. The van der Waals surface area contributed by atoms with Crippen molar-refractivity contribution in [3.63, 3.8) is 0 Å². The maximum Gasteiger partial charge on any atom is 0.341 e.